The van der Waals surface area contributed by atoms with Gasteiger partial charge in [0.1, 0.15) is 0 Å². The molecule has 0 bridgehead atoms. The molecule has 3 nitrogen and oxygen atoms in total. The highest BCUT2D eigenvalue weighted by atomic mass is 32.1. The van der Waals surface area contributed by atoms with Crippen molar-refractivity contribution in [2.24, 2.45) is 5.92 Å². The van der Waals surface area contributed by atoms with Crippen LogP contribution in [-0.2, 0) is 11.3 Å². The number of hydrogen-bond donors (Lipinski definition) is 1. The molecule has 1 aliphatic carbocycles. The van der Waals surface area contributed by atoms with Crippen LogP contribution in [0.1, 0.15) is 24.8 Å². The Bertz CT molecular complexity index is 459. The van der Waals surface area contributed by atoms with E-state index in [2.05, 4.69) is 34.5 Å². The van der Waals surface area contributed by atoms with Crippen molar-refractivity contribution in [3.63, 3.8) is 0 Å². The topological polar surface area (TPSA) is 24.5 Å². The van der Waals surface area contributed by atoms with Crippen LogP contribution in [0.15, 0.2) is 30.3 Å². The van der Waals surface area contributed by atoms with Crippen molar-refractivity contribution in [3.8, 4) is 0 Å². The highest BCUT2D eigenvalue weighted by Crippen LogP contribution is 2.31. The Morgan fingerprint density at radius 3 is 2.71 bits per heavy atom. The molecule has 0 radical (unpaired) electrons. The number of morpholine rings is 1. The lowest BCUT2D eigenvalue weighted by Crippen LogP contribution is -2.48. The largest absolute Gasteiger partial charge is 0.379 e. The van der Waals surface area contributed by atoms with Crippen LogP contribution >= 0.6 is 12.2 Å². The minimum Gasteiger partial charge on any atom is -0.379 e. The van der Waals surface area contributed by atoms with Crippen LogP contribution in [0.25, 0.3) is 0 Å². The molecule has 0 amide bonds. The monoisotopic (exact) mass is 304 g/mol. The maximum Gasteiger partial charge on any atom is 0.0803 e. The molecule has 1 heterocycles. The highest BCUT2D eigenvalue weighted by molar-refractivity contribution is 7.80. The Hall–Kier alpha value is -0.970. The zero-order valence-electron chi connectivity index (χ0n) is 12.5. The van der Waals surface area contributed by atoms with Gasteiger partial charge < -0.3 is 10.1 Å². The second-order valence-corrected chi connectivity index (χ2v) is 6.40. The van der Waals surface area contributed by atoms with Crippen molar-refractivity contribution in [3.05, 3.63) is 35.9 Å². The second-order valence-electron chi connectivity index (χ2n) is 5.96. The summed E-state index contributed by atoms with van der Waals surface area (Å²) >= 11 is 5.69. The molecule has 4 heteroatoms. The van der Waals surface area contributed by atoms with E-state index in [0.717, 1.165) is 37.8 Å². The van der Waals surface area contributed by atoms with Gasteiger partial charge in [-0.2, -0.15) is 0 Å². The average molecular weight is 304 g/mol. The van der Waals surface area contributed by atoms with Gasteiger partial charge in [0.05, 0.1) is 18.2 Å². The molecular formula is C17H24N2OS. The molecule has 2 atom stereocenters. The van der Waals surface area contributed by atoms with Gasteiger partial charge in [-0.25, -0.2) is 0 Å². The maximum atomic E-state index is 5.69. The molecule has 1 aromatic rings. The fourth-order valence-electron chi connectivity index (χ4n) is 3.51. The van der Waals surface area contributed by atoms with Crippen LogP contribution < -0.4 is 5.32 Å². The first-order valence-electron chi connectivity index (χ1n) is 7.98. The van der Waals surface area contributed by atoms with Crippen molar-refractivity contribution >= 4 is 17.2 Å². The zero-order valence-corrected chi connectivity index (χ0v) is 13.3. The Morgan fingerprint density at radius 1 is 1.19 bits per heavy atom. The first kappa shape index (κ1) is 14.9. The van der Waals surface area contributed by atoms with Crippen LogP contribution in [0.2, 0.25) is 0 Å². The third kappa shape index (κ3) is 3.82. The normalized spacial score (nSPS) is 26.7. The number of nitrogens with one attached hydrogen (secondary N) is 1. The molecule has 0 spiro atoms. The van der Waals surface area contributed by atoms with E-state index < -0.39 is 0 Å². The molecule has 1 saturated carbocycles. The van der Waals surface area contributed by atoms with Crippen molar-refractivity contribution < 1.29 is 4.74 Å². The molecule has 0 aromatic heterocycles. The van der Waals surface area contributed by atoms with Gasteiger partial charge in [0.2, 0.25) is 0 Å². The number of hydrogen-bond acceptors (Lipinski definition) is 3. The molecule has 1 saturated heterocycles. The van der Waals surface area contributed by atoms with Crippen LogP contribution in [0.5, 0.6) is 0 Å². The average Bonchev–Trinajstić information content (AvgIpc) is 3.04. The maximum absolute atomic E-state index is 5.69. The fourth-order valence-corrected chi connectivity index (χ4v) is 3.86. The van der Waals surface area contributed by atoms with Crippen molar-refractivity contribution in [1.82, 2.24) is 10.2 Å². The van der Waals surface area contributed by atoms with Gasteiger partial charge in [0.25, 0.3) is 0 Å². The summed E-state index contributed by atoms with van der Waals surface area (Å²) in [5, 5.41) is 3.48. The lowest BCUT2D eigenvalue weighted by atomic mass is 10.0. The molecule has 21 heavy (non-hydrogen) atoms. The summed E-state index contributed by atoms with van der Waals surface area (Å²) in [5.74, 6) is 0.516. The number of benzene rings is 1. The molecular weight excluding hydrogens is 280 g/mol. The Kier molecular flexibility index (Phi) is 5.22. The predicted octanol–water partition coefficient (Wildman–Crippen LogP) is 2.60. The van der Waals surface area contributed by atoms with Gasteiger partial charge in [0.15, 0.2) is 0 Å². The Morgan fingerprint density at radius 2 is 1.95 bits per heavy atom. The summed E-state index contributed by atoms with van der Waals surface area (Å²) in [4.78, 5) is 3.63. The summed E-state index contributed by atoms with van der Waals surface area (Å²) < 4.78 is 5.47. The van der Waals surface area contributed by atoms with Crippen LogP contribution in [0.3, 0.4) is 0 Å². The summed E-state index contributed by atoms with van der Waals surface area (Å²) in [7, 11) is 0. The number of ether oxygens (including phenoxy) is 1. The van der Waals surface area contributed by atoms with Gasteiger partial charge >= 0.3 is 0 Å². The lowest BCUT2D eigenvalue weighted by Gasteiger charge is -2.36. The van der Waals surface area contributed by atoms with Gasteiger partial charge in [-0.15, -0.1) is 0 Å². The molecule has 2 fully saturated rings. The summed E-state index contributed by atoms with van der Waals surface area (Å²) in [5.41, 5.74) is 1.29. The molecule has 1 aromatic carbocycles. The van der Waals surface area contributed by atoms with Gasteiger partial charge in [-0.05, 0) is 18.4 Å². The molecule has 114 valence electrons. The van der Waals surface area contributed by atoms with E-state index >= 15 is 0 Å². The van der Waals surface area contributed by atoms with E-state index in [-0.39, 0.29) is 0 Å². The van der Waals surface area contributed by atoms with Gasteiger partial charge in [-0.3, -0.25) is 4.90 Å². The van der Waals surface area contributed by atoms with Gasteiger partial charge in [0, 0.05) is 31.6 Å². The second kappa shape index (κ2) is 7.34. The van der Waals surface area contributed by atoms with E-state index in [1.54, 1.807) is 0 Å². The van der Waals surface area contributed by atoms with Crippen LogP contribution in [0, 0.1) is 5.92 Å². The zero-order chi connectivity index (χ0) is 14.5. The standard InChI is InChI=1S/C17H24N2OS/c21-17(18-13-14-5-2-1-3-6-14)15-7-4-8-16(15)19-9-11-20-12-10-19/h1-3,5-6,15-16H,4,7-13H2,(H,18,21)/t15-,16+/m0/s1. The molecule has 0 unspecified atom stereocenters. The minimum absolute atomic E-state index is 0.516. The van der Waals surface area contributed by atoms with Crippen LogP contribution in [0.4, 0.5) is 0 Å². The third-order valence-corrected chi connectivity index (χ3v) is 5.09. The smallest absolute Gasteiger partial charge is 0.0803 e. The quantitative estimate of drug-likeness (QED) is 0.864. The first-order chi connectivity index (χ1) is 10.3. The first-order valence-corrected chi connectivity index (χ1v) is 8.39. The summed E-state index contributed by atoms with van der Waals surface area (Å²) in [6.45, 7) is 4.69. The number of thiocarbonyl (C=S) groups is 1. The predicted molar refractivity (Wildman–Crippen MR) is 89.4 cm³/mol. The molecule has 1 N–H and O–H groups in total. The SMILES string of the molecule is S=C(NCc1ccccc1)[C@H]1CCC[C@H]1N1CCOCC1. The summed E-state index contributed by atoms with van der Waals surface area (Å²) in [6.07, 6.45) is 3.79. The van der Waals surface area contributed by atoms with E-state index in [0.29, 0.717) is 12.0 Å². The number of nitrogens with zero attached hydrogens (tertiary/aromatic N) is 1. The fraction of sp³-hybridized carbons (Fsp3) is 0.588. The number of rotatable bonds is 4. The third-order valence-electron chi connectivity index (χ3n) is 4.64. The summed E-state index contributed by atoms with van der Waals surface area (Å²) in [6, 6.07) is 11.1. The Labute approximate surface area is 132 Å². The van der Waals surface area contributed by atoms with Crippen molar-refractivity contribution in [1.29, 1.82) is 0 Å². The molecule has 2 aliphatic rings. The highest BCUT2D eigenvalue weighted by Gasteiger charge is 2.35. The van der Waals surface area contributed by atoms with Crippen LogP contribution in [-0.4, -0.2) is 42.2 Å². The van der Waals surface area contributed by atoms with Crippen molar-refractivity contribution in [2.75, 3.05) is 26.3 Å². The Balaban J connectivity index is 1.55. The molecule has 1 aliphatic heterocycles. The minimum atomic E-state index is 0.516. The van der Waals surface area contributed by atoms with E-state index in [1.165, 1.54) is 24.8 Å². The van der Waals surface area contributed by atoms with Gasteiger partial charge in [-0.1, -0.05) is 49.0 Å². The molecule has 3 rings (SSSR count). The van der Waals surface area contributed by atoms with E-state index in [9.17, 15) is 0 Å². The van der Waals surface area contributed by atoms with Crippen molar-refractivity contribution in [2.45, 2.75) is 31.8 Å². The van der Waals surface area contributed by atoms with E-state index in [4.69, 9.17) is 17.0 Å². The lowest BCUT2D eigenvalue weighted by molar-refractivity contribution is 0.0135. The van der Waals surface area contributed by atoms with E-state index in [1.807, 2.05) is 6.07 Å².